The van der Waals surface area contributed by atoms with E-state index >= 15 is 0 Å². The minimum atomic E-state index is -1.12. The van der Waals surface area contributed by atoms with Crippen LogP contribution in [0.4, 0.5) is 0 Å². The number of aromatic nitrogens is 1. The fourth-order valence-electron chi connectivity index (χ4n) is 5.70. The van der Waals surface area contributed by atoms with Crippen LogP contribution in [0, 0.1) is 11.8 Å². The second-order valence-corrected chi connectivity index (χ2v) is 12.1. The maximum atomic E-state index is 13.5. The zero-order valence-electron chi connectivity index (χ0n) is 21.3. The lowest BCUT2D eigenvalue weighted by Crippen LogP contribution is -2.61. The zero-order valence-corrected chi connectivity index (χ0v) is 23.0. The number of nitrogens with zero attached hydrogens (tertiary/aromatic N) is 1. The molecule has 0 spiro atoms. The van der Waals surface area contributed by atoms with Gasteiger partial charge >= 0.3 is 5.97 Å². The number of hydrogen-bond acceptors (Lipinski definition) is 6. The molecule has 0 bridgehead atoms. The number of hydrogen-bond donors (Lipinski definition) is 4. The number of carbonyl (C=O) groups is 3. The smallest absolute Gasteiger partial charge is 0.326 e. The molecule has 0 aliphatic heterocycles. The second kappa shape index (κ2) is 12.4. The monoisotopic (exact) mass is 543 g/mol. The van der Waals surface area contributed by atoms with E-state index in [-0.39, 0.29) is 18.2 Å². The minimum Gasteiger partial charge on any atom is -0.480 e. The zero-order chi connectivity index (χ0) is 26.4. The maximum absolute atomic E-state index is 13.5. The van der Waals surface area contributed by atoms with Gasteiger partial charge in [-0.2, -0.15) is 12.6 Å². The van der Waals surface area contributed by atoms with Crippen LogP contribution < -0.4 is 10.6 Å². The van der Waals surface area contributed by atoms with Crippen LogP contribution in [0.15, 0.2) is 35.8 Å². The van der Waals surface area contributed by atoms with E-state index in [0.717, 1.165) is 36.3 Å². The third-order valence-corrected chi connectivity index (χ3v) is 9.65. The summed E-state index contributed by atoms with van der Waals surface area (Å²) in [6.07, 6.45) is 10.2. The van der Waals surface area contributed by atoms with Crippen molar-refractivity contribution in [2.24, 2.45) is 11.8 Å². The van der Waals surface area contributed by atoms with E-state index in [4.69, 9.17) is 0 Å². The molecule has 37 heavy (non-hydrogen) atoms. The summed E-state index contributed by atoms with van der Waals surface area (Å²) in [5, 5.41) is 17.1. The van der Waals surface area contributed by atoms with Gasteiger partial charge in [-0.1, -0.05) is 64.0 Å². The predicted octanol–water partition coefficient (Wildman–Crippen LogP) is 4.87. The molecule has 2 aromatic heterocycles. The molecule has 2 saturated carbocycles. The van der Waals surface area contributed by atoms with Crippen molar-refractivity contribution in [3.8, 4) is 10.6 Å². The first-order valence-corrected chi connectivity index (χ1v) is 14.7. The average molecular weight is 544 g/mol. The Morgan fingerprint density at radius 1 is 1.14 bits per heavy atom. The Kier molecular flexibility index (Phi) is 9.29. The summed E-state index contributed by atoms with van der Waals surface area (Å²) >= 11 is 6.25. The fraction of sp³-hybridized carbons (Fsp3) is 0.571. The first kappa shape index (κ1) is 27.6. The molecule has 9 heteroatoms. The first-order valence-electron chi connectivity index (χ1n) is 13.3. The van der Waals surface area contributed by atoms with Crippen LogP contribution in [0.25, 0.3) is 10.6 Å². The standard InChI is InChI=1S/C28H37N3O4S2/c1-18(20-8-3-2-4-9-20)24(36)25(32)31-28(13-5-6-14-28)27(35)30-22(26(33)34)16-19-11-12-21(29-17-19)23-10-7-15-37-23/h7,10-12,15,17-18,20,22,24,36H,2-6,8-9,13-14,16H2,1H3,(H,30,35)(H,31,32)(H,33,34). The number of thiophene rings is 1. The molecule has 0 radical (unpaired) electrons. The molecule has 2 aliphatic carbocycles. The molecule has 200 valence electrons. The van der Waals surface area contributed by atoms with E-state index in [9.17, 15) is 19.5 Å². The minimum absolute atomic E-state index is 0.108. The van der Waals surface area contributed by atoms with Crippen molar-refractivity contribution in [1.29, 1.82) is 0 Å². The molecule has 2 fully saturated rings. The Morgan fingerprint density at radius 3 is 2.46 bits per heavy atom. The first-order chi connectivity index (χ1) is 17.8. The molecule has 0 saturated heterocycles. The van der Waals surface area contributed by atoms with Crippen LogP contribution in [0.3, 0.4) is 0 Å². The molecule has 3 atom stereocenters. The Balaban J connectivity index is 1.41. The quantitative estimate of drug-likeness (QED) is 0.320. The lowest BCUT2D eigenvalue weighted by atomic mass is 9.79. The van der Waals surface area contributed by atoms with E-state index in [2.05, 4.69) is 35.2 Å². The second-order valence-electron chi connectivity index (χ2n) is 10.6. The number of amides is 2. The molecule has 4 rings (SSSR count). The van der Waals surface area contributed by atoms with Gasteiger partial charge in [0.1, 0.15) is 11.6 Å². The highest BCUT2D eigenvalue weighted by Gasteiger charge is 2.45. The molecule has 2 aromatic rings. The normalized spacial score (nSPS) is 20.1. The molecular weight excluding hydrogens is 506 g/mol. The summed E-state index contributed by atoms with van der Waals surface area (Å²) in [6.45, 7) is 2.08. The van der Waals surface area contributed by atoms with Crippen LogP contribution >= 0.6 is 24.0 Å². The molecule has 3 unspecified atom stereocenters. The lowest BCUT2D eigenvalue weighted by molar-refractivity contribution is -0.143. The van der Waals surface area contributed by atoms with Gasteiger partial charge < -0.3 is 15.7 Å². The van der Waals surface area contributed by atoms with Crippen molar-refractivity contribution in [3.05, 3.63) is 41.4 Å². The van der Waals surface area contributed by atoms with E-state index < -0.39 is 28.7 Å². The molecule has 2 amide bonds. The van der Waals surface area contributed by atoms with E-state index in [1.165, 1.54) is 19.3 Å². The van der Waals surface area contributed by atoms with Crippen molar-refractivity contribution < 1.29 is 19.5 Å². The third-order valence-electron chi connectivity index (χ3n) is 8.06. The number of carboxylic acid groups (broad SMARTS) is 1. The summed E-state index contributed by atoms with van der Waals surface area (Å²) in [6, 6.07) is 6.52. The van der Waals surface area contributed by atoms with Crippen molar-refractivity contribution in [2.45, 2.75) is 88.0 Å². The van der Waals surface area contributed by atoms with Crippen molar-refractivity contribution in [2.75, 3.05) is 0 Å². The molecule has 2 heterocycles. The summed E-state index contributed by atoms with van der Waals surface area (Å²) in [5.41, 5.74) is 0.444. The number of nitrogens with one attached hydrogen (secondary N) is 2. The SMILES string of the molecule is CC(C1CCCCC1)C(S)C(=O)NC1(C(=O)NC(Cc2ccc(-c3cccs3)nc2)C(=O)O)CCCC1. The van der Waals surface area contributed by atoms with Crippen LogP contribution in [0.2, 0.25) is 0 Å². The molecule has 3 N–H and O–H groups in total. The van der Waals surface area contributed by atoms with Gasteiger partial charge in [0, 0.05) is 12.6 Å². The van der Waals surface area contributed by atoms with Gasteiger partial charge in [0.05, 0.1) is 15.8 Å². The van der Waals surface area contributed by atoms with Gasteiger partial charge in [0.2, 0.25) is 11.8 Å². The largest absolute Gasteiger partial charge is 0.480 e. The van der Waals surface area contributed by atoms with Gasteiger partial charge in [-0.15, -0.1) is 11.3 Å². The summed E-state index contributed by atoms with van der Waals surface area (Å²) in [5.74, 6) is -1.21. The average Bonchev–Trinajstić information content (AvgIpc) is 3.62. The summed E-state index contributed by atoms with van der Waals surface area (Å²) < 4.78 is 0. The predicted molar refractivity (Wildman–Crippen MR) is 149 cm³/mol. The molecule has 0 aromatic carbocycles. The fourth-order valence-corrected chi connectivity index (χ4v) is 6.71. The Morgan fingerprint density at radius 2 is 1.86 bits per heavy atom. The van der Waals surface area contributed by atoms with Gasteiger partial charge in [0.25, 0.3) is 0 Å². The lowest BCUT2D eigenvalue weighted by Gasteiger charge is -2.34. The highest BCUT2D eigenvalue weighted by molar-refractivity contribution is 7.81. The number of rotatable bonds is 10. The van der Waals surface area contributed by atoms with Gasteiger partial charge in [-0.05, 0) is 47.8 Å². The van der Waals surface area contributed by atoms with Crippen LogP contribution in [0.1, 0.15) is 70.3 Å². The number of carbonyl (C=O) groups excluding carboxylic acids is 2. The van der Waals surface area contributed by atoms with Gasteiger partial charge in [-0.3, -0.25) is 14.6 Å². The highest BCUT2D eigenvalue weighted by atomic mass is 32.1. The summed E-state index contributed by atoms with van der Waals surface area (Å²) in [4.78, 5) is 44.3. The molecule has 2 aliphatic rings. The van der Waals surface area contributed by atoms with E-state index in [1.54, 1.807) is 17.5 Å². The Hall–Kier alpha value is -2.39. The van der Waals surface area contributed by atoms with Crippen LogP contribution in [-0.4, -0.2) is 44.7 Å². The van der Waals surface area contributed by atoms with Crippen LogP contribution in [0.5, 0.6) is 0 Å². The van der Waals surface area contributed by atoms with Crippen molar-refractivity contribution in [1.82, 2.24) is 15.6 Å². The number of carboxylic acids is 1. The molecular formula is C28H37N3O4S2. The van der Waals surface area contributed by atoms with Crippen molar-refractivity contribution in [3.63, 3.8) is 0 Å². The number of thiol groups is 1. The van der Waals surface area contributed by atoms with Gasteiger partial charge in [-0.25, -0.2) is 4.79 Å². The van der Waals surface area contributed by atoms with E-state index in [1.807, 2.05) is 29.6 Å². The maximum Gasteiger partial charge on any atom is 0.326 e. The summed E-state index contributed by atoms with van der Waals surface area (Å²) in [7, 11) is 0. The highest BCUT2D eigenvalue weighted by Crippen LogP contribution is 2.35. The van der Waals surface area contributed by atoms with Crippen molar-refractivity contribution >= 4 is 41.7 Å². The van der Waals surface area contributed by atoms with Crippen LogP contribution in [-0.2, 0) is 20.8 Å². The Labute approximate surface area is 228 Å². The number of aliphatic carboxylic acids is 1. The van der Waals surface area contributed by atoms with E-state index in [0.29, 0.717) is 24.3 Å². The third kappa shape index (κ3) is 6.74. The Bertz CT molecular complexity index is 1060. The van der Waals surface area contributed by atoms with Gasteiger partial charge in [0.15, 0.2) is 0 Å². The topological polar surface area (TPSA) is 108 Å². The number of pyridine rings is 1. The molecule has 7 nitrogen and oxygen atoms in total.